The maximum atomic E-state index is 12.3. The highest BCUT2D eigenvalue weighted by atomic mass is 35.5. The van der Waals surface area contributed by atoms with Crippen molar-refractivity contribution in [1.82, 2.24) is 10.6 Å². The second-order valence-corrected chi connectivity index (χ2v) is 6.29. The van der Waals surface area contributed by atoms with Crippen LogP contribution in [0.3, 0.4) is 0 Å². The summed E-state index contributed by atoms with van der Waals surface area (Å²) in [4.78, 5) is 24.2. The zero-order chi connectivity index (χ0) is 18.4. The Morgan fingerprint density at radius 3 is 2.36 bits per heavy atom. The van der Waals surface area contributed by atoms with Crippen LogP contribution >= 0.6 is 11.6 Å². The fraction of sp³-hybridized carbons (Fsp3) is 0.263. The summed E-state index contributed by atoms with van der Waals surface area (Å²) < 4.78 is 5.18. The van der Waals surface area contributed by atoms with Crippen LogP contribution in [-0.2, 0) is 6.54 Å². The van der Waals surface area contributed by atoms with Crippen molar-refractivity contribution in [2.45, 2.75) is 26.4 Å². The van der Waals surface area contributed by atoms with E-state index in [0.29, 0.717) is 28.4 Å². The Morgan fingerprint density at radius 1 is 1.08 bits per heavy atom. The molecule has 2 aromatic carbocycles. The molecule has 2 rings (SSSR count). The van der Waals surface area contributed by atoms with Crippen LogP contribution in [0.5, 0.6) is 5.75 Å². The van der Waals surface area contributed by atoms with Gasteiger partial charge in [-0.15, -0.1) is 0 Å². The monoisotopic (exact) mass is 360 g/mol. The minimum Gasteiger partial charge on any atom is -0.496 e. The van der Waals surface area contributed by atoms with Gasteiger partial charge in [-0.05, 0) is 49.7 Å². The average molecular weight is 361 g/mol. The number of amides is 2. The molecule has 132 valence electrons. The molecular weight excluding hydrogens is 340 g/mol. The zero-order valence-corrected chi connectivity index (χ0v) is 15.2. The topological polar surface area (TPSA) is 67.4 Å². The van der Waals surface area contributed by atoms with Gasteiger partial charge in [0.15, 0.2) is 0 Å². The van der Waals surface area contributed by atoms with Crippen molar-refractivity contribution in [1.29, 1.82) is 0 Å². The summed E-state index contributed by atoms with van der Waals surface area (Å²) in [5.74, 6) is 0.0674. The summed E-state index contributed by atoms with van der Waals surface area (Å²) in [6.07, 6.45) is 0. The molecule has 0 aliphatic heterocycles. The van der Waals surface area contributed by atoms with E-state index < -0.39 is 0 Å². The van der Waals surface area contributed by atoms with Crippen molar-refractivity contribution < 1.29 is 14.3 Å². The number of nitrogens with one attached hydrogen (secondary N) is 2. The Morgan fingerprint density at radius 2 is 1.76 bits per heavy atom. The van der Waals surface area contributed by atoms with Crippen molar-refractivity contribution in [3.63, 3.8) is 0 Å². The van der Waals surface area contributed by atoms with Crippen molar-refractivity contribution >= 4 is 23.4 Å². The lowest BCUT2D eigenvalue weighted by Gasteiger charge is -2.11. The second-order valence-electron chi connectivity index (χ2n) is 5.85. The van der Waals surface area contributed by atoms with Gasteiger partial charge >= 0.3 is 0 Å². The molecule has 0 aromatic heterocycles. The minimum atomic E-state index is -0.277. The Hall–Kier alpha value is -2.53. The largest absolute Gasteiger partial charge is 0.496 e. The third-order valence-electron chi connectivity index (χ3n) is 3.50. The normalized spacial score (nSPS) is 10.4. The molecular formula is C19H21ClN2O3. The first-order valence-corrected chi connectivity index (χ1v) is 8.30. The Balaban J connectivity index is 2.01. The highest BCUT2D eigenvalue weighted by molar-refractivity contribution is 6.31. The number of carbonyl (C=O) groups is 2. The van der Waals surface area contributed by atoms with Gasteiger partial charge in [0, 0.05) is 23.2 Å². The number of benzene rings is 2. The molecule has 0 fully saturated rings. The van der Waals surface area contributed by atoms with Crippen LogP contribution in [0, 0.1) is 0 Å². The number of halogens is 1. The van der Waals surface area contributed by atoms with Gasteiger partial charge < -0.3 is 15.4 Å². The molecule has 0 heterocycles. The van der Waals surface area contributed by atoms with Crippen LogP contribution in [0.1, 0.15) is 40.1 Å². The first-order chi connectivity index (χ1) is 11.9. The molecule has 0 radical (unpaired) electrons. The van der Waals surface area contributed by atoms with Crippen LogP contribution in [0.25, 0.3) is 0 Å². The van der Waals surface area contributed by atoms with E-state index in [1.165, 1.54) is 7.11 Å². The zero-order valence-electron chi connectivity index (χ0n) is 14.4. The summed E-state index contributed by atoms with van der Waals surface area (Å²) in [6, 6.07) is 12.1. The van der Waals surface area contributed by atoms with Gasteiger partial charge in [-0.1, -0.05) is 23.7 Å². The fourth-order valence-corrected chi connectivity index (χ4v) is 2.43. The first kappa shape index (κ1) is 18.8. The molecule has 0 aliphatic rings. The fourth-order valence-electron chi connectivity index (χ4n) is 2.25. The SMILES string of the molecule is COc1ccc(Cl)cc1C(=O)NCc1ccc(C(=O)NC(C)C)cc1. The van der Waals surface area contributed by atoms with E-state index in [0.717, 1.165) is 5.56 Å². The third-order valence-corrected chi connectivity index (χ3v) is 3.73. The van der Waals surface area contributed by atoms with Crippen LogP contribution in [0.2, 0.25) is 5.02 Å². The molecule has 0 saturated heterocycles. The van der Waals surface area contributed by atoms with Crippen molar-refractivity contribution in [3.8, 4) is 5.75 Å². The number of rotatable bonds is 6. The molecule has 0 aliphatic carbocycles. The molecule has 0 spiro atoms. The Bertz CT molecular complexity index is 758. The highest BCUT2D eigenvalue weighted by Crippen LogP contribution is 2.22. The molecule has 0 unspecified atom stereocenters. The number of hydrogen-bond acceptors (Lipinski definition) is 3. The van der Waals surface area contributed by atoms with Gasteiger partial charge in [-0.2, -0.15) is 0 Å². The summed E-state index contributed by atoms with van der Waals surface area (Å²) in [7, 11) is 1.50. The van der Waals surface area contributed by atoms with Crippen molar-refractivity contribution in [2.75, 3.05) is 7.11 Å². The van der Waals surface area contributed by atoms with Gasteiger partial charge in [-0.3, -0.25) is 9.59 Å². The van der Waals surface area contributed by atoms with E-state index in [1.807, 2.05) is 26.0 Å². The number of carbonyl (C=O) groups excluding carboxylic acids is 2. The smallest absolute Gasteiger partial charge is 0.255 e. The van der Waals surface area contributed by atoms with Crippen LogP contribution < -0.4 is 15.4 Å². The molecule has 0 bridgehead atoms. The maximum Gasteiger partial charge on any atom is 0.255 e. The molecule has 0 saturated carbocycles. The predicted octanol–water partition coefficient (Wildman–Crippen LogP) is 3.42. The number of hydrogen-bond donors (Lipinski definition) is 2. The Kier molecular flexibility index (Phi) is 6.42. The van der Waals surface area contributed by atoms with Gasteiger partial charge in [0.1, 0.15) is 5.75 Å². The van der Waals surface area contributed by atoms with Gasteiger partial charge in [-0.25, -0.2) is 0 Å². The molecule has 0 atom stereocenters. The third kappa shape index (κ3) is 5.22. The van der Waals surface area contributed by atoms with E-state index in [1.54, 1.807) is 30.3 Å². The molecule has 25 heavy (non-hydrogen) atoms. The van der Waals surface area contributed by atoms with Gasteiger partial charge in [0.25, 0.3) is 11.8 Å². The standard InChI is InChI=1S/C19H21ClN2O3/c1-12(2)22-18(23)14-6-4-13(5-7-14)11-21-19(24)16-10-15(20)8-9-17(16)25-3/h4-10,12H,11H2,1-3H3,(H,21,24)(H,22,23). The summed E-state index contributed by atoms with van der Waals surface area (Å²) >= 11 is 5.94. The van der Waals surface area contributed by atoms with E-state index in [4.69, 9.17) is 16.3 Å². The lowest BCUT2D eigenvalue weighted by atomic mass is 10.1. The summed E-state index contributed by atoms with van der Waals surface area (Å²) in [5, 5.41) is 6.12. The lowest BCUT2D eigenvalue weighted by molar-refractivity contribution is 0.0935. The summed E-state index contributed by atoms with van der Waals surface area (Å²) in [6.45, 7) is 4.15. The van der Waals surface area contributed by atoms with Crippen LogP contribution in [0.4, 0.5) is 0 Å². The molecule has 2 amide bonds. The van der Waals surface area contributed by atoms with Gasteiger partial charge in [0.2, 0.25) is 0 Å². The molecule has 2 aromatic rings. The van der Waals surface area contributed by atoms with Gasteiger partial charge in [0.05, 0.1) is 12.7 Å². The number of methoxy groups -OCH3 is 1. The first-order valence-electron chi connectivity index (χ1n) is 7.92. The minimum absolute atomic E-state index is 0.0825. The maximum absolute atomic E-state index is 12.3. The van der Waals surface area contributed by atoms with Crippen molar-refractivity contribution in [3.05, 3.63) is 64.2 Å². The highest BCUT2D eigenvalue weighted by Gasteiger charge is 2.13. The molecule has 2 N–H and O–H groups in total. The van der Waals surface area contributed by atoms with E-state index in [9.17, 15) is 9.59 Å². The Labute approximate surface area is 152 Å². The van der Waals surface area contributed by atoms with E-state index in [-0.39, 0.29) is 17.9 Å². The quantitative estimate of drug-likeness (QED) is 0.829. The second kappa shape index (κ2) is 8.53. The molecule has 5 nitrogen and oxygen atoms in total. The predicted molar refractivity (Wildman–Crippen MR) is 98.2 cm³/mol. The lowest BCUT2D eigenvalue weighted by Crippen LogP contribution is -2.30. The van der Waals surface area contributed by atoms with E-state index >= 15 is 0 Å². The van der Waals surface area contributed by atoms with Crippen molar-refractivity contribution in [2.24, 2.45) is 0 Å². The van der Waals surface area contributed by atoms with Crippen LogP contribution in [-0.4, -0.2) is 25.0 Å². The number of ether oxygens (including phenoxy) is 1. The van der Waals surface area contributed by atoms with E-state index in [2.05, 4.69) is 10.6 Å². The average Bonchev–Trinajstić information content (AvgIpc) is 2.59. The van der Waals surface area contributed by atoms with Crippen LogP contribution in [0.15, 0.2) is 42.5 Å². The molecule has 6 heteroatoms. The summed E-state index contributed by atoms with van der Waals surface area (Å²) in [5.41, 5.74) is 1.85.